The number of rotatable bonds is 5. The average Bonchev–Trinajstić information content (AvgIpc) is 3.46. The fraction of sp³-hybridized carbons (Fsp3) is 0.250. The first-order chi connectivity index (χ1) is 13.1. The molecule has 1 aliphatic heterocycles. The highest BCUT2D eigenvalue weighted by molar-refractivity contribution is 6.05. The Bertz CT molecular complexity index is 923. The van der Waals surface area contributed by atoms with Crippen LogP contribution in [0.5, 0.6) is 5.75 Å². The molecule has 1 saturated carbocycles. The van der Waals surface area contributed by atoms with Crippen molar-refractivity contribution in [2.75, 3.05) is 11.9 Å². The van der Waals surface area contributed by atoms with Crippen LogP contribution in [0.15, 0.2) is 48.5 Å². The second kappa shape index (κ2) is 6.75. The van der Waals surface area contributed by atoms with Gasteiger partial charge in [-0.3, -0.25) is 14.4 Å². The molecule has 1 aliphatic carbocycles. The van der Waals surface area contributed by atoms with Crippen LogP contribution in [-0.2, 0) is 9.59 Å². The van der Waals surface area contributed by atoms with Gasteiger partial charge in [-0.1, -0.05) is 30.3 Å². The molecule has 0 spiro atoms. The third kappa shape index (κ3) is 3.23. The number of anilines is 1. The van der Waals surface area contributed by atoms with Crippen molar-refractivity contribution < 1.29 is 19.5 Å². The normalized spacial score (nSPS) is 18.1. The molecule has 3 amide bonds. The Morgan fingerprint density at radius 1 is 1.07 bits per heavy atom. The fourth-order valence-electron chi connectivity index (χ4n) is 3.37. The van der Waals surface area contributed by atoms with Crippen LogP contribution in [0, 0.1) is 0 Å². The number of hydrogen-bond acceptors (Lipinski definition) is 4. The lowest BCUT2D eigenvalue weighted by molar-refractivity contribution is -0.127. The Morgan fingerprint density at radius 2 is 1.78 bits per heavy atom. The molecular formula is C20H19N3O4. The standard InChI is InChI=1S/C20H19N3O4/c24-16-8-4-3-7-15(16)22-17(25)11-21-19(26)18-13-5-1-2-6-14(13)20(27)23(18)12-9-10-12/h1-8,12,18,24H,9-11H2,(H,21,26)(H,22,25)/t18-/m0/s1. The van der Waals surface area contributed by atoms with Crippen LogP contribution in [0.25, 0.3) is 0 Å². The van der Waals surface area contributed by atoms with Gasteiger partial charge in [0.2, 0.25) is 11.8 Å². The molecule has 0 bridgehead atoms. The number of phenolic OH excluding ortho intramolecular Hbond substituents is 1. The first-order valence-electron chi connectivity index (χ1n) is 8.83. The van der Waals surface area contributed by atoms with Crippen molar-refractivity contribution in [3.8, 4) is 5.75 Å². The topological polar surface area (TPSA) is 98.7 Å². The lowest BCUT2D eigenvalue weighted by Gasteiger charge is -2.24. The van der Waals surface area contributed by atoms with E-state index >= 15 is 0 Å². The summed E-state index contributed by atoms with van der Waals surface area (Å²) in [6.45, 7) is -0.251. The van der Waals surface area contributed by atoms with Gasteiger partial charge in [-0.15, -0.1) is 0 Å². The Hall–Kier alpha value is -3.35. The third-order valence-electron chi connectivity index (χ3n) is 4.79. The minimum atomic E-state index is -0.709. The summed E-state index contributed by atoms with van der Waals surface area (Å²) < 4.78 is 0. The second-order valence-corrected chi connectivity index (χ2v) is 6.72. The monoisotopic (exact) mass is 365 g/mol. The number of aromatic hydroxyl groups is 1. The van der Waals surface area contributed by atoms with E-state index in [1.165, 1.54) is 6.07 Å². The van der Waals surface area contributed by atoms with Crippen molar-refractivity contribution >= 4 is 23.4 Å². The molecule has 0 radical (unpaired) electrons. The van der Waals surface area contributed by atoms with Gasteiger partial charge in [0.25, 0.3) is 5.91 Å². The molecule has 7 nitrogen and oxygen atoms in total. The maximum atomic E-state index is 12.8. The first kappa shape index (κ1) is 17.1. The van der Waals surface area contributed by atoms with Crippen LogP contribution in [0.3, 0.4) is 0 Å². The fourth-order valence-corrected chi connectivity index (χ4v) is 3.37. The number of fused-ring (bicyclic) bond motifs is 1. The zero-order valence-electron chi connectivity index (χ0n) is 14.5. The Morgan fingerprint density at radius 3 is 2.52 bits per heavy atom. The maximum Gasteiger partial charge on any atom is 0.255 e. The van der Waals surface area contributed by atoms with Crippen LogP contribution in [0.2, 0.25) is 0 Å². The van der Waals surface area contributed by atoms with Crippen molar-refractivity contribution in [2.24, 2.45) is 0 Å². The van der Waals surface area contributed by atoms with E-state index in [-0.39, 0.29) is 35.8 Å². The molecule has 1 atom stereocenters. The van der Waals surface area contributed by atoms with Crippen molar-refractivity contribution in [1.29, 1.82) is 0 Å². The second-order valence-electron chi connectivity index (χ2n) is 6.72. The van der Waals surface area contributed by atoms with E-state index in [4.69, 9.17) is 0 Å². The van der Waals surface area contributed by atoms with E-state index in [0.717, 1.165) is 12.8 Å². The predicted molar refractivity (Wildman–Crippen MR) is 98.1 cm³/mol. The molecule has 1 heterocycles. The van der Waals surface area contributed by atoms with E-state index in [0.29, 0.717) is 11.1 Å². The number of amides is 3. The number of carbonyl (C=O) groups excluding carboxylic acids is 3. The molecule has 2 aromatic carbocycles. The third-order valence-corrected chi connectivity index (χ3v) is 4.79. The van der Waals surface area contributed by atoms with Crippen molar-refractivity contribution in [3.05, 3.63) is 59.7 Å². The number of nitrogens with zero attached hydrogens (tertiary/aromatic N) is 1. The number of para-hydroxylation sites is 2. The zero-order chi connectivity index (χ0) is 19.0. The molecule has 4 rings (SSSR count). The van der Waals surface area contributed by atoms with Gasteiger partial charge in [-0.25, -0.2) is 0 Å². The van der Waals surface area contributed by atoms with Crippen LogP contribution >= 0.6 is 0 Å². The van der Waals surface area contributed by atoms with Crippen LogP contribution in [-0.4, -0.2) is 40.3 Å². The lowest BCUT2D eigenvalue weighted by atomic mass is 10.0. The quantitative estimate of drug-likeness (QED) is 0.704. The van der Waals surface area contributed by atoms with Crippen molar-refractivity contribution in [2.45, 2.75) is 24.9 Å². The molecule has 2 aliphatic rings. The summed E-state index contributed by atoms with van der Waals surface area (Å²) in [6.07, 6.45) is 1.77. The van der Waals surface area contributed by atoms with E-state index in [1.54, 1.807) is 47.4 Å². The molecule has 2 aromatic rings. The van der Waals surface area contributed by atoms with Gasteiger partial charge in [0.15, 0.2) is 0 Å². The largest absolute Gasteiger partial charge is 0.506 e. The number of hydrogen-bond donors (Lipinski definition) is 3. The van der Waals surface area contributed by atoms with E-state index in [2.05, 4.69) is 10.6 Å². The van der Waals surface area contributed by atoms with Gasteiger partial charge in [0, 0.05) is 11.6 Å². The van der Waals surface area contributed by atoms with Gasteiger partial charge < -0.3 is 20.6 Å². The van der Waals surface area contributed by atoms with Gasteiger partial charge in [-0.2, -0.15) is 0 Å². The molecule has 7 heteroatoms. The Balaban J connectivity index is 1.45. The van der Waals surface area contributed by atoms with Crippen LogP contribution in [0.4, 0.5) is 5.69 Å². The number of benzene rings is 2. The highest BCUT2D eigenvalue weighted by atomic mass is 16.3. The summed E-state index contributed by atoms with van der Waals surface area (Å²) in [6, 6.07) is 12.8. The Labute approximate surface area is 156 Å². The minimum Gasteiger partial charge on any atom is -0.506 e. The van der Waals surface area contributed by atoms with Gasteiger partial charge in [0.1, 0.15) is 11.8 Å². The number of nitrogens with one attached hydrogen (secondary N) is 2. The first-order valence-corrected chi connectivity index (χ1v) is 8.83. The summed E-state index contributed by atoms with van der Waals surface area (Å²) in [5.41, 5.74) is 1.49. The summed E-state index contributed by atoms with van der Waals surface area (Å²) in [7, 11) is 0. The molecule has 1 fully saturated rings. The van der Waals surface area contributed by atoms with Crippen molar-refractivity contribution in [1.82, 2.24) is 10.2 Å². The van der Waals surface area contributed by atoms with E-state index in [9.17, 15) is 19.5 Å². The SMILES string of the molecule is O=C(CNC(=O)[C@@H]1c2ccccc2C(=O)N1C1CC1)Nc1ccccc1O. The van der Waals surface area contributed by atoms with E-state index < -0.39 is 11.9 Å². The number of carbonyl (C=O) groups is 3. The zero-order valence-corrected chi connectivity index (χ0v) is 14.5. The van der Waals surface area contributed by atoms with Crippen LogP contribution in [0.1, 0.15) is 34.8 Å². The molecule has 0 saturated heterocycles. The van der Waals surface area contributed by atoms with Gasteiger partial charge in [0.05, 0.1) is 12.2 Å². The summed E-state index contributed by atoms with van der Waals surface area (Å²) in [5, 5.41) is 14.9. The minimum absolute atomic E-state index is 0.0487. The highest BCUT2D eigenvalue weighted by Gasteiger charge is 2.47. The molecule has 3 N–H and O–H groups in total. The Kier molecular flexibility index (Phi) is 4.27. The smallest absolute Gasteiger partial charge is 0.255 e. The number of phenols is 1. The predicted octanol–water partition coefficient (Wildman–Crippen LogP) is 1.81. The molecule has 0 aromatic heterocycles. The summed E-state index contributed by atoms with van der Waals surface area (Å²) in [5.74, 6) is -1.02. The van der Waals surface area contributed by atoms with Crippen LogP contribution < -0.4 is 10.6 Å². The van der Waals surface area contributed by atoms with Gasteiger partial charge >= 0.3 is 0 Å². The summed E-state index contributed by atoms with van der Waals surface area (Å²) >= 11 is 0. The average molecular weight is 365 g/mol. The maximum absolute atomic E-state index is 12.8. The molecule has 27 heavy (non-hydrogen) atoms. The summed E-state index contributed by atoms with van der Waals surface area (Å²) in [4.78, 5) is 39.2. The molecular weight excluding hydrogens is 346 g/mol. The highest BCUT2D eigenvalue weighted by Crippen LogP contribution is 2.41. The molecule has 138 valence electrons. The molecule has 0 unspecified atom stereocenters. The van der Waals surface area contributed by atoms with Crippen molar-refractivity contribution in [3.63, 3.8) is 0 Å². The lowest BCUT2D eigenvalue weighted by Crippen LogP contribution is -2.42. The van der Waals surface area contributed by atoms with Gasteiger partial charge in [-0.05, 0) is 36.6 Å². The van der Waals surface area contributed by atoms with E-state index in [1.807, 2.05) is 0 Å².